The fourth-order valence-electron chi connectivity index (χ4n) is 1.40. The van der Waals surface area contributed by atoms with Crippen molar-refractivity contribution in [2.24, 2.45) is 5.73 Å². The predicted octanol–water partition coefficient (Wildman–Crippen LogP) is 2.60. The Morgan fingerprint density at radius 1 is 1.42 bits per heavy atom. The molecule has 0 aliphatic carbocycles. The highest BCUT2D eigenvalue weighted by Gasteiger charge is 2.14. The van der Waals surface area contributed by atoms with Gasteiger partial charge in [0.25, 0.3) is 0 Å². The molecule has 0 unspecified atom stereocenters. The molecule has 0 heterocycles. The van der Waals surface area contributed by atoms with Gasteiger partial charge in [0, 0.05) is 16.4 Å². The number of amides is 1. The zero-order valence-electron chi connectivity index (χ0n) is 10.9. The second kappa shape index (κ2) is 6.16. The van der Waals surface area contributed by atoms with Crippen LogP contribution in [0.3, 0.4) is 0 Å². The van der Waals surface area contributed by atoms with Gasteiger partial charge in [-0.25, -0.2) is 4.79 Å². The minimum Gasteiger partial charge on any atom is -0.478 e. The van der Waals surface area contributed by atoms with Crippen LogP contribution in [0.15, 0.2) is 22.7 Å². The number of halogens is 1. The number of rotatable bonds is 5. The lowest BCUT2D eigenvalue weighted by Gasteiger charge is -2.17. The van der Waals surface area contributed by atoms with Crippen molar-refractivity contribution < 1.29 is 14.7 Å². The fourth-order valence-corrected chi connectivity index (χ4v) is 1.75. The van der Waals surface area contributed by atoms with Crippen LogP contribution >= 0.6 is 15.9 Å². The predicted molar refractivity (Wildman–Crippen MR) is 77.2 cm³/mol. The number of benzene rings is 1. The topological polar surface area (TPSA) is 92.4 Å². The van der Waals surface area contributed by atoms with E-state index < -0.39 is 11.5 Å². The molecule has 0 bridgehead atoms. The number of hydrogen-bond acceptors (Lipinski definition) is 3. The number of hydrogen-bond donors (Lipinski definition) is 3. The summed E-state index contributed by atoms with van der Waals surface area (Å²) in [5.74, 6) is -1.23. The van der Waals surface area contributed by atoms with Crippen LogP contribution in [-0.4, -0.2) is 22.5 Å². The molecule has 19 heavy (non-hydrogen) atoms. The number of carbonyl (C=O) groups is 2. The van der Waals surface area contributed by atoms with Gasteiger partial charge in [-0.15, -0.1) is 0 Å². The molecule has 5 nitrogen and oxygen atoms in total. The van der Waals surface area contributed by atoms with Gasteiger partial charge in [-0.2, -0.15) is 0 Å². The van der Waals surface area contributed by atoms with Crippen LogP contribution < -0.4 is 11.1 Å². The molecule has 0 saturated carbocycles. The van der Waals surface area contributed by atoms with E-state index in [0.29, 0.717) is 16.6 Å². The zero-order chi connectivity index (χ0) is 14.6. The highest BCUT2D eigenvalue weighted by molar-refractivity contribution is 9.10. The molecule has 0 aromatic heterocycles. The van der Waals surface area contributed by atoms with Gasteiger partial charge < -0.3 is 16.2 Å². The van der Waals surface area contributed by atoms with E-state index in [-0.39, 0.29) is 17.9 Å². The van der Waals surface area contributed by atoms with Gasteiger partial charge in [0.15, 0.2) is 0 Å². The summed E-state index contributed by atoms with van der Waals surface area (Å²) < 4.78 is 0.637. The van der Waals surface area contributed by atoms with Crippen LogP contribution in [0.2, 0.25) is 0 Å². The van der Waals surface area contributed by atoms with Gasteiger partial charge >= 0.3 is 5.97 Å². The fraction of sp³-hybridized carbons (Fsp3) is 0.385. The van der Waals surface area contributed by atoms with E-state index in [1.54, 1.807) is 6.07 Å². The van der Waals surface area contributed by atoms with Crippen molar-refractivity contribution >= 4 is 33.5 Å². The first-order chi connectivity index (χ1) is 8.69. The molecular weight excluding hydrogens is 312 g/mol. The second-order valence-electron chi connectivity index (χ2n) is 5.04. The molecule has 0 fully saturated rings. The summed E-state index contributed by atoms with van der Waals surface area (Å²) in [6.07, 6.45) is 0.836. The van der Waals surface area contributed by atoms with Crippen LogP contribution in [0.25, 0.3) is 0 Å². The molecule has 4 N–H and O–H groups in total. The number of carbonyl (C=O) groups excluding carboxylic acids is 1. The van der Waals surface area contributed by atoms with Gasteiger partial charge in [0.1, 0.15) is 0 Å². The second-order valence-corrected chi connectivity index (χ2v) is 5.89. The third-order valence-electron chi connectivity index (χ3n) is 2.48. The van der Waals surface area contributed by atoms with Crippen molar-refractivity contribution in [1.82, 2.24) is 0 Å². The van der Waals surface area contributed by atoms with E-state index in [0.717, 1.165) is 0 Å². The molecular formula is C13H17BrN2O3. The Morgan fingerprint density at radius 2 is 2.05 bits per heavy atom. The highest BCUT2D eigenvalue weighted by Crippen LogP contribution is 2.24. The Hall–Kier alpha value is -1.40. The number of carboxylic acid groups (broad SMARTS) is 1. The van der Waals surface area contributed by atoms with E-state index in [4.69, 9.17) is 10.8 Å². The third-order valence-corrected chi connectivity index (χ3v) is 3.18. The maximum Gasteiger partial charge on any atom is 0.335 e. The summed E-state index contributed by atoms with van der Waals surface area (Å²) in [4.78, 5) is 22.6. The van der Waals surface area contributed by atoms with E-state index in [1.807, 2.05) is 13.8 Å². The van der Waals surface area contributed by atoms with Crippen molar-refractivity contribution in [2.45, 2.75) is 32.2 Å². The number of nitrogens with one attached hydrogen (secondary N) is 1. The Morgan fingerprint density at radius 3 is 2.58 bits per heavy atom. The SMILES string of the molecule is CC(C)(N)CCC(=O)Nc1cc(C(=O)O)ccc1Br. The van der Waals surface area contributed by atoms with Crippen LogP contribution in [0.1, 0.15) is 37.0 Å². The maximum absolute atomic E-state index is 11.8. The Balaban J connectivity index is 2.73. The molecule has 0 spiro atoms. The van der Waals surface area contributed by atoms with Gasteiger partial charge in [0.2, 0.25) is 5.91 Å². The van der Waals surface area contributed by atoms with Crippen LogP contribution in [-0.2, 0) is 4.79 Å². The molecule has 104 valence electrons. The molecule has 0 radical (unpaired) electrons. The monoisotopic (exact) mass is 328 g/mol. The molecule has 1 rings (SSSR count). The summed E-state index contributed by atoms with van der Waals surface area (Å²) in [6.45, 7) is 3.70. The first kappa shape index (κ1) is 15.7. The van der Waals surface area contributed by atoms with Crippen molar-refractivity contribution in [3.05, 3.63) is 28.2 Å². The average Bonchev–Trinajstić information content (AvgIpc) is 2.28. The molecule has 1 amide bonds. The number of anilines is 1. The summed E-state index contributed by atoms with van der Waals surface area (Å²) in [5.41, 5.74) is 5.97. The molecule has 0 aliphatic rings. The summed E-state index contributed by atoms with van der Waals surface area (Å²) >= 11 is 3.27. The highest BCUT2D eigenvalue weighted by atomic mass is 79.9. The lowest BCUT2D eigenvalue weighted by Crippen LogP contribution is -2.33. The quantitative estimate of drug-likeness (QED) is 0.774. The maximum atomic E-state index is 11.8. The third kappa shape index (κ3) is 5.40. The molecule has 1 aromatic carbocycles. The van der Waals surface area contributed by atoms with Crippen molar-refractivity contribution in [1.29, 1.82) is 0 Å². The minimum atomic E-state index is -1.04. The number of nitrogens with two attached hydrogens (primary N) is 1. The van der Waals surface area contributed by atoms with E-state index in [2.05, 4.69) is 21.2 Å². The van der Waals surface area contributed by atoms with Crippen LogP contribution in [0.4, 0.5) is 5.69 Å². The molecule has 0 aliphatic heterocycles. The summed E-state index contributed by atoms with van der Waals surface area (Å²) in [7, 11) is 0. The first-order valence-electron chi connectivity index (χ1n) is 5.80. The van der Waals surface area contributed by atoms with E-state index in [9.17, 15) is 9.59 Å². The van der Waals surface area contributed by atoms with Crippen molar-refractivity contribution in [2.75, 3.05) is 5.32 Å². The number of aromatic carboxylic acids is 1. The van der Waals surface area contributed by atoms with Gasteiger partial charge in [0.05, 0.1) is 11.3 Å². The van der Waals surface area contributed by atoms with Crippen molar-refractivity contribution in [3.8, 4) is 0 Å². The zero-order valence-corrected chi connectivity index (χ0v) is 12.5. The largest absolute Gasteiger partial charge is 0.478 e. The van der Waals surface area contributed by atoms with Gasteiger partial charge in [-0.1, -0.05) is 0 Å². The molecule has 1 aromatic rings. The van der Waals surface area contributed by atoms with E-state index >= 15 is 0 Å². The Labute approximate surface area is 120 Å². The average molecular weight is 329 g/mol. The van der Waals surface area contributed by atoms with Crippen molar-refractivity contribution in [3.63, 3.8) is 0 Å². The molecule has 0 saturated heterocycles. The number of carboxylic acids is 1. The Bertz CT molecular complexity index is 495. The van der Waals surface area contributed by atoms with Crippen LogP contribution in [0, 0.1) is 0 Å². The minimum absolute atomic E-state index is 0.123. The van der Waals surface area contributed by atoms with Crippen LogP contribution in [0.5, 0.6) is 0 Å². The molecule has 0 atom stereocenters. The summed E-state index contributed by atoms with van der Waals surface area (Å²) in [6, 6.07) is 4.47. The smallest absolute Gasteiger partial charge is 0.335 e. The van der Waals surface area contributed by atoms with Gasteiger partial charge in [-0.3, -0.25) is 4.79 Å². The lowest BCUT2D eigenvalue weighted by molar-refractivity contribution is -0.116. The summed E-state index contributed by atoms with van der Waals surface area (Å²) in [5, 5.41) is 11.6. The Kier molecular flexibility index (Phi) is 5.08. The normalized spacial score (nSPS) is 11.2. The standard InChI is InChI=1S/C13H17BrN2O3/c1-13(2,15)6-5-11(17)16-10-7-8(12(18)19)3-4-9(10)14/h3-4,7H,5-6,15H2,1-2H3,(H,16,17)(H,18,19). The lowest BCUT2D eigenvalue weighted by atomic mass is 10.00. The molecule has 6 heteroatoms. The van der Waals surface area contributed by atoms with E-state index in [1.165, 1.54) is 12.1 Å². The first-order valence-corrected chi connectivity index (χ1v) is 6.60. The van der Waals surface area contributed by atoms with Gasteiger partial charge in [-0.05, 0) is 54.4 Å².